The van der Waals surface area contributed by atoms with Gasteiger partial charge in [0, 0.05) is 5.69 Å². The second-order valence-corrected chi connectivity index (χ2v) is 3.98. The van der Waals surface area contributed by atoms with Gasteiger partial charge in [0.25, 0.3) is 0 Å². The van der Waals surface area contributed by atoms with E-state index in [-0.39, 0.29) is 12.5 Å². The van der Waals surface area contributed by atoms with Gasteiger partial charge in [-0.05, 0) is 30.2 Å². The van der Waals surface area contributed by atoms with Crippen molar-refractivity contribution in [3.8, 4) is 5.75 Å². The Morgan fingerprint density at radius 1 is 1.38 bits per heavy atom. The van der Waals surface area contributed by atoms with Gasteiger partial charge in [-0.1, -0.05) is 13.8 Å². The smallest absolute Gasteiger partial charge is 0.238 e. The summed E-state index contributed by atoms with van der Waals surface area (Å²) in [7, 11) is 0. The average molecular weight is 222 g/mol. The van der Waals surface area contributed by atoms with Gasteiger partial charge in [0.05, 0.1) is 13.2 Å². The molecule has 0 saturated carbocycles. The van der Waals surface area contributed by atoms with Crippen molar-refractivity contribution >= 4 is 11.6 Å². The molecular weight excluding hydrogens is 204 g/mol. The van der Waals surface area contributed by atoms with E-state index in [1.807, 2.05) is 12.1 Å². The molecule has 0 atom stereocenters. The molecule has 3 N–H and O–H groups in total. The fourth-order valence-electron chi connectivity index (χ4n) is 1.11. The van der Waals surface area contributed by atoms with Crippen molar-refractivity contribution in [3.63, 3.8) is 0 Å². The van der Waals surface area contributed by atoms with Crippen molar-refractivity contribution < 1.29 is 9.53 Å². The van der Waals surface area contributed by atoms with Crippen LogP contribution in [0.1, 0.15) is 13.8 Å². The standard InChI is InChI=1S/C12H18N2O2/c1-9(2)8-16-11-5-3-10(4-6-11)14-12(15)7-13/h3-6,9H,7-8,13H2,1-2H3,(H,14,15). The molecule has 0 bridgehead atoms. The summed E-state index contributed by atoms with van der Waals surface area (Å²) in [5.74, 6) is 1.10. The van der Waals surface area contributed by atoms with Crippen LogP contribution >= 0.6 is 0 Å². The second kappa shape index (κ2) is 6.12. The minimum atomic E-state index is -0.198. The van der Waals surface area contributed by atoms with Gasteiger partial charge >= 0.3 is 0 Å². The zero-order valence-corrected chi connectivity index (χ0v) is 9.69. The molecule has 0 fully saturated rings. The Kier molecular flexibility index (Phi) is 4.79. The van der Waals surface area contributed by atoms with E-state index in [4.69, 9.17) is 10.5 Å². The van der Waals surface area contributed by atoms with E-state index in [0.717, 1.165) is 11.4 Å². The van der Waals surface area contributed by atoms with Crippen LogP contribution in [0.2, 0.25) is 0 Å². The topological polar surface area (TPSA) is 64.3 Å². The molecule has 1 amide bonds. The van der Waals surface area contributed by atoms with E-state index < -0.39 is 0 Å². The Bertz CT molecular complexity index is 333. The van der Waals surface area contributed by atoms with Crippen molar-refractivity contribution in [2.24, 2.45) is 11.7 Å². The number of anilines is 1. The molecule has 88 valence electrons. The van der Waals surface area contributed by atoms with Gasteiger partial charge in [0.15, 0.2) is 0 Å². The molecule has 0 unspecified atom stereocenters. The highest BCUT2D eigenvalue weighted by molar-refractivity contribution is 5.92. The summed E-state index contributed by atoms with van der Waals surface area (Å²) < 4.78 is 5.52. The molecule has 4 nitrogen and oxygen atoms in total. The van der Waals surface area contributed by atoms with Gasteiger partial charge in [0.2, 0.25) is 5.91 Å². The maximum absolute atomic E-state index is 11.0. The number of ether oxygens (including phenoxy) is 1. The minimum Gasteiger partial charge on any atom is -0.493 e. The van der Waals surface area contributed by atoms with Crippen LogP contribution in [-0.2, 0) is 4.79 Å². The van der Waals surface area contributed by atoms with Crippen LogP contribution < -0.4 is 15.8 Å². The number of hydrogen-bond donors (Lipinski definition) is 2. The molecule has 0 aliphatic rings. The van der Waals surface area contributed by atoms with Gasteiger partial charge < -0.3 is 15.8 Å². The summed E-state index contributed by atoms with van der Waals surface area (Å²) in [6.45, 7) is 4.87. The first-order chi connectivity index (χ1) is 7.61. The Hall–Kier alpha value is -1.55. The van der Waals surface area contributed by atoms with Crippen LogP contribution in [0, 0.1) is 5.92 Å². The first-order valence-electron chi connectivity index (χ1n) is 5.34. The lowest BCUT2D eigenvalue weighted by atomic mass is 10.2. The van der Waals surface area contributed by atoms with Gasteiger partial charge in [-0.25, -0.2) is 0 Å². The third-order valence-electron chi connectivity index (χ3n) is 1.91. The Balaban J connectivity index is 2.51. The molecule has 0 spiro atoms. The van der Waals surface area contributed by atoms with E-state index in [1.165, 1.54) is 0 Å². The predicted molar refractivity (Wildman–Crippen MR) is 64.5 cm³/mol. The van der Waals surface area contributed by atoms with E-state index in [0.29, 0.717) is 12.5 Å². The van der Waals surface area contributed by atoms with Crippen molar-refractivity contribution in [2.45, 2.75) is 13.8 Å². The second-order valence-electron chi connectivity index (χ2n) is 3.98. The number of amides is 1. The quantitative estimate of drug-likeness (QED) is 0.795. The van der Waals surface area contributed by atoms with Gasteiger partial charge in [0.1, 0.15) is 5.75 Å². The van der Waals surface area contributed by atoms with E-state index >= 15 is 0 Å². The number of nitrogens with one attached hydrogen (secondary N) is 1. The van der Waals surface area contributed by atoms with Crippen LogP contribution in [0.25, 0.3) is 0 Å². The third kappa shape index (κ3) is 4.31. The van der Waals surface area contributed by atoms with Crippen LogP contribution in [0.3, 0.4) is 0 Å². The molecule has 0 heterocycles. The summed E-state index contributed by atoms with van der Waals surface area (Å²) in [6.07, 6.45) is 0. The summed E-state index contributed by atoms with van der Waals surface area (Å²) >= 11 is 0. The summed E-state index contributed by atoms with van der Waals surface area (Å²) in [5.41, 5.74) is 5.92. The van der Waals surface area contributed by atoms with Crippen LogP contribution in [-0.4, -0.2) is 19.1 Å². The summed E-state index contributed by atoms with van der Waals surface area (Å²) in [6, 6.07) is 7.25. The average Bonchev–Trinajstić information content (AvgIpc) is 2.28. The monoisotopic (exact) mass is 222 g/mol. The Labute approximate surface area is 95.8 Å². The highest BCUT2D eigenvalue weighted by Gasteiger charge is 2.00. The van der Waals surface area contributed by atoms with Crippen LogP contribution in [0.4, 0.5) is 5.69 Å². The Morgan fingerprint density at radius 3 is 2.50 bits per heavy atom. The minimum absolute atomic E-state index is 0.00833. The maximum atomic E-state index is 11.0. The molecule has 16 heavy (non-hydrogen) atoms. The largest absolute Gasteiger partial charge is 0.493 e. The third-order valence-corrected chi connectivity index (χ3v) is 1.91. The highest BCUT2D eigenvalue weighted by atomic mass is 16.5. The van der Waals surface area contributed by atoms with Crippen molar-refractivity contribution in [1.82, 2.24) is 0 Å². The normalized spacial score (nSPS) is 10.2. The van der Waals surface area contributed by atoms with Crippen LogP contribution in [0.5, 0.6) is 5.75 Å². The van der Waals surface area contributed by atoms with E-state index in [2.05, 4.69) is 19.2 Å². The molecule has 0 radical (unpaired) electrons. The van der Waals surface area contributed by atoms with Crippen molar-refractivity contribution in [1.29, 1.82) is 0 Å². The molecule has 4 heteroatoms. The fraction of sp³-hybridized carbons (Fsp3) is 0.417. The molecule has 0 aliphatic heterocycles. The molecule has 1 rings (SSSR count). The maximum Gasteiger partial charge on any atom is 0.238 e. The number of carbonyl (C=O) groups excluding carboxylic acids is 1. The Morgan fingerprint density at radius 2 is 2.00 bits per heavy atom. The van der Waals surface area contributed by atoms with Gasteiger partial charge in [-0.3, -0.25) is 4.79 Å². The SMILES string of the molecule is CC(C)COc1ccc(NC(=O)CN)cc1. The number of hydrogen-bond acceptors (Lipinski definition) is 3. The first kappa shape index (κ1) is 12.5. The fourth-order valence-corrected chi connectivity index (χ4v) is 1.11. The molecule has 0 saturated heterocycles. The van der Waals surface area contributed by atoms with E-state index in [9.17, 15) is 4.79 Å². The molecule has 1 aromatic rings. The molecule has 0 aliphatic carbocycles. The van der Waals surface area contributed by atoms with Crippen LogP contribution in [0.15, 0.2) is 24.3 Å². The zero-order chi connectivity index (χ0) is 12.0. The lowest BCUT2D eigenvalue weighted by Crippen LogP contribution is -2.21. The van der Waals surface area contributed by atoms with E-state index in [1.54, 1.807) is 12.1 Å². The molecular formula is C12H18N2O2. The summed E-state index contributed by atoms with van der Waals surface area (Å²) in [5, 5.41) is 2.66. The molecule has 1 aromatic carbocycles. The van der Waals surface area contributed by atoms with Crippen molar-refractivity contribution in [2.75, 3.05) is 18.5 Å². The number of nitrogens with two attached hydrogens (primary N) is 1. The highest BCUT2D eigenvalue weighted by Crippen LogP contribution is 2.16. The lowest BCUT2D eigenvalue weighted by Gasteiger charge is -2.09. The number of benzene rings is 1. The first-order valence-corrected chi connectivity index (χ1v) is 5.34. The number of carbonyl (C=O) groups is 1. The van der Waals surface area contributed by atoms with Gasteiger partial charge in [-0.15, -0.1) is 0 Å². The zero-order valence-electron chi connectivity index (χ0n) is 9.69. The number of rotatable bonds is 5. The predicted octanol–water partition coefficient (Wildman–Crippen LogP) is 1.62. The lowest BCUT2D eigenvalue weighted by molar-refractivity contribution is -0.114. The van der Waals surface area contributed by atoms with Crippen molar-refractivity contribution in [3.05, 3.63) is 24.3 Å². The molecule has 0 aromatic heterocycles. The van der Waals surface area contributed by atoms with Gasteiger partial charge in [-0.2, -0.15) is 0 Å². The summed E-state index contributed by atoms with van der Waals surface area (Å²) in [4.78, 5) is 11.0.